The van der Waals surface area contributed by atoms with Crippen molar-refractivity contribution in [2.75, 3.05) is 12.9 Å². The van der Waals surface area contributed by atoms with E-state index in [-0.39, 0.29) is 17.9 Å². The van der Waals surface area contributed by atoms with E-state index in [1.165, 1.54) is 24.3 Å². The third kappa shape index (κ3) is 3.78. The summed E-state index contributed by atoms with van der Waals surface area (Å²) < 4.78 is 22.5. The Morgan fingerprint density at radius 2 is 1.82 bits per heavy atom. The minimum Gasteiger partial charge on any atom is -0.396 e. The number of aliphatic hydroxyl groups excluding tert-OH is 2. The van der Waals surface area contributed by atoms with Crippen molar-refractivity contribution in [1.82, 2.24) is 0 Å². The highest BCUT2D eigenvalue weighted by atomic mass is 32.2. The second-order valence-corrected chi connectivity index (χ2v) is 5.98. The van der Waals surface area contributed by atoms with Crippen molar-refractivity contribution in [2.45, 2.75) is 23.5 Å². The van der Waals surface area contributed by atoms with Gasteiger partial charge in [-0.05, 0) is 24.1 Å². The Hall–Kier alpha value is -0.950. The number of nitrogens with two attached hydrogens (primary N) is 1. The van der Waals surface area contributed by atoms with Gasteiger partial charge in [0, 0.05) is 18.9 Å². The van der Waals surface area contributed by atoms with Crippen LogP contribution in [0.3, 0.4) is 0 Å². The molecule has 2 unspecified atom stereocenters. The molecule has 0 aliphatic carbocycles. The van der Waals surface area contributed by atoms with Gasteiger partial charge in [0.2, 0.25) is 0 Å². The number of aliphatic hydroxyl groups is 2. The fraction of sp³-hybridized carbons (Fsp3) is 0.455. The standard InChI is InChI=1S/C11H17NO4S/c1-17(15,16)9-4-2-8(3-5-9)11(14)10(12)6-7-13/h2-5,10-11,13-14H,6-7,12H2,1H3. The minimum atomic E-state index is -3.23. The van der Waals surface area contributed by atoms with Gasteiger partial charge in [-0.1, -0.05) is 12.1 Å². The zero-order valence-electron chi connectivity index (χ0n) is 9.57. The first-order valence-corrected chi connectivity index (χ1v) is 7.10. The first-order valence-electron chi connectivity index (χ1n) is 5.21. The Morgan fingerprint density at radius 3 is 2.24 bits per heavy atom. The van der Waals surface area contributed by atoms with E-state index in [1.54, 1.807) is 0 Å². The molecule has 0 heterocycles. The molecule has 0 fully saturated rings. The quantitative estimate of drug-likeness (QED) is 0.682. The lowest BCUT2D eigenvalue weighted by atomic mass is 10.0. The van der Waals surface area contributed by atoms with Crippen LogP contribution in [0.4, 0.5) is 0 Å². The third-order valence-electron chi connectivity index (χ3n) is 2.52. The van der Waals surface area contributed by atoms with Crippen LogP contribution < -0.4 is 5.73 Å². The summed E-state index contributed by atoms with van der Waals surface area (Å²) in [6, 6.07) is 5.35. The molecule has 2 atom stereocenters. The van der Waals surface area contributed by atoms with Gasteiger partial charge in [-0.2, -0.15) is 0 Å². The molecule has 96 valence electrons. The molecule has 0 spiro atoms. The Labute approximate surface area is 101 Å². The van der Waals surface area contributed by atoms with Gasteiger partial charge < -0.3 is 15.9 Å². The highest BCUT2D eigenvalue weighted by molar-refractivity contribution is 7.90. The molecule has 0 amide bonds. The summed E-state index contributed by atoms with van der Waals surface area (Å²) in [4.78, 5) is 0.198. The normalized spacial score (nSPS) is 15.5. The van der Waals surface area contributed by atoms with Crippen LogP contribution in [0.2, 0.25) is 0 Å². The topological polar surface area (TPSA) is 101 Å². The number of hydrogen-bond acceptors (Lipinski definition) is 5. The molecule has 6 heteroatoms. The smallest absolute Gasteiger partial charge is 0.175 e. The number of hydrogen-bond donors (Lipinski definition) is 3. The second kappa shape index (κ2) is 5.59. The van der Waals surface area contributed by atoms with Crippen LogP contribution in [0.5, 0.6) is 0 Å². The molecule has 17 heavy (non-hydrogen) atoms. The zero-order valence-corrected chi connectivity index (χ0v) is 10.4. The number of rotatable bonds is 5. The second-order valence-electron chi connectivity index (χ2n) is 3.96. The average molecular weight is 259 g/mol. The maximum atomic E-state index is 11.2. The number of sulfone groups is 1. The van der Waals surface area contributed by atoms with Crippen LogP contribution in [0.25, 0.3) is 0 Å². The molecule has 0 aliphatic heterocycles. The van der Waals surface area contributed by atoms with Gasteiger partial charge in [0.25, 0.3) is 0 Å². The van der Waals surface area contributed by atoms with E-state index < -0.39 is 22.0 Å². The monoisotopic (exact) mass is 259 g/mol. The fourth-order valence-electron chi connectivity index (χ4n) is 1.47. The molecule has 1 rings (SSSR count). The van der Waals surface area contributed by atoms with Gasteiger partial charge in [-0.3, -0.25) is 0 Å². The van der Waals surface area contributed by atoms with Crippen LogP contribution >= 0.6 is 0 Å². The third-order valence-corrected chi connectivity index (χ3v) is 3.65. The molecule has 0 bridgehead atoms. The first-order chi connectivity index (χ1) is 7.86. The lowest BCUT2D eigenvalue weighted by Gasteiger charge is -2.18. The van der Waals surface area contributed by atoms with Crippen LogP contribution in [-0.2, 0) is 9.84 Å². The molecule has 1 aromatic carbocycles. The number of benzene rings is 1. The lowest BCUT2D eigenvalue weighted by Crippen LogP contribution is -2.29. The highest BCUT2D eigenvalue weighted by Gasteiger charge is 2.17. The Kier molecular flexibility index (Phi) is 4.64. The fourth-order valence-corrected chi connectivity index (χ4v) is 2.10. The van der Waals surface area contributed by atoms with Gasteiger partial charge in [-0.25, -0.2) is 8.42 Å². The summed E-state index contributed by atoms with van der Waals surface area (Å²) in [7, 11) is -3.23. The Bertz CT molecular complexity index is 455. The SMILES string of the molecule is CS(=O)(=O)c1ccc(C(O)C(N)CCO)cc1. The van der Waals surface area contributed by atoms with E-state index in [1.807, 2.05) is 0 Å². The van der Waals surface area contributed by atoms with Crippen molar-refractivity contribution in [1.29, 1.82) is 0 Å². The van der Waals surface area contributed by atoms with Crippen LogP contribution in [0, 0.1) is 0 Å². The largest absolute Gasteiger partial charge is 0.396 e. The van der Waals surface area contributed by atoms with E-state index >= 15 is 0 Å². The maximum Gasteiger partial charge on any atom is 0.175 e. The van der Waals surface area contributed by atoms with Gasteiger partial charge in [-0.15, -0.1) is 0 Å². The van der Waals surface area contributed by atoms with Gasteiger partial charge in [0.15, 0.2) is 9.84 Å². The molecule has 5 nitrogen and oxygen atoms in total. The van der Waals surface area contributed by atoms with Crippen LogP contribution in [-0.4, -0.2) is 37.5 Å². The highest BCUT2D eigenvalue weighted by Crippen LogP contribution is 2.19. The minimum absolute atomic E-state index is 0.0976. The molecule has 4 N–H and O–H groups in total. The van der Waals surface area contributed by atoms with E-state index in [0.29, 0.717) is 5.56 Å². The van der Waals surface area contributed by atoms with Gasteiger partial charge >= 0.3 is 0 Å². The maximum absolute atomic E-state index is 11.2. The van der Waals surface area contributed by atoms with Crippen molar-refractivity contribution in [3.63, 3.8) is 0 Å². The van der Waals surface area contributed by atoms with Crippen LogP contribution in [0.15, 0.2) is 29.2 Å². The summed E-state index contributed by atoms with van der Waals surface area (Å²) in [5.41, 5.74) is 6.20. The molecular formula is C11H17NO4S. The summed E-state index contributed by atoms with van der Waals surface area (Å²) in [6.07, 6.45) is 0.501. The van der Waals surface area contributed by atoms with Gasteiger partial charge in [0.1, 0.15) is 0 Å². The van der Waals surface area contributed by atoms with Crippen molar-refractivity contribution >= 4 is 9.84 Å². The summed E-state index contributed by atoms with van der Waals surface area (Å²) >= 11 is 0. The van der Waals surface area contributed by atoms with Crippen molar-refractivity contribution < 1.29 is 18.6 Å². The van der Waals surface area contributed by atoms with E-state index in [2.05, 4.69) is 0 Å². The molecule has 0 saturated carbocycles. The average Bonchev–Trinajstić information content (AvgIpc) is 2.27. The Morgan fingerprint density at radius 1 is 1.29 bits per heavy atom. The zero-order chi connectivity index (χ0) is 13.1. The molecule has 1 aromatic rings. The molecule has 0 saturated heterocycles. The van der Waals surface area contributed by atoms with E-state index in [9.17, 15) is 13.5 Å². The van der Waals surface area contributed by atoms with Crippen molar-refractivity contribution in [3.8, 4) is 0 Å². The summed E-state index contributed by atoms with van der Waals surface area (Å²) in [6.45, 7) is -0.0976. The molecule has 0 radical (unpaired) electrons. The molecular weight excluding hydrogens is 242 g/mol. The molecule has 0 aromatic heterocycles. The van der Waals surface area contributed by atoms with Crippen molar-refractivity contribution in [3.05, 3.63) is 29.8 Å². The first kappa shape index (κ1) is 14.1. The lowest BCUT2D eigenvalue weighted by molar-refractivity contribution is 0.129. The van der Waals surface area contributed by atoms with Crippen LogP contribution in [0.1, 0.15) is 18.1 Å². The Balaban J connectivity index is 2.88. The predicted molar refractivity (Wildman–Crippen MR) is 64.2 cm³/mol. The van der Waals surface area contributed by atoms with E-state index in [0.717, 1.165) is 6.26 Å². The summed E-state index contributed by atoms with van der Waals surface area (Å²) in [5, 5.41) is 18.5. The van der Waals surface area contributed by atoms with Crippen molar-refractivity contribution in [2.24, 2.45) is 5.73 Å². The summed E-state index contributed by atoms with van der Waals surface area (Å²) in [5.74, 6) is 0. The van der Waals surface area contributed by atoms with E-state index in [4.69, 9.17) is 10.8 Å². The van der Waals surface area contributed by atoms with Gasteiger partial charge in [0.05, 0.1) is 11.0 Å². The predicted octanol–water partition coefficient (Wildman–Crippen LogP) is -0.167. The molecule has 0 aliphatic rings.